The predicted molar refractivity (Wildman–Crippen MR) is 94.6 cm³/mol. The fourth-order valence-corrected chi connectivity index (χ4v) is 3.11. The summed E-state index contributed by atoms with van der Waals surface area (Å²) in [6.07, 6.45) is 12.3. The Hall–Kier alpha value is -2.56. The Morgan fingerprint density at radius 2 is 2.12 bits per heavy atom. The number of hydrogen-bond acceptors (Lipinski definition) is 3. The van der Waals surface area contributed by atoms with Crippen LogP contribution in [0.2, 0.25) is 0 Å². The van der Waals surface area contributed by atoms with E-state index in [0.717, 1.165) is 5.56 Å². The fourth-order valence-electron chi connectivity index (χ4n) is 3.11. The maximum atomic E-state index is 12.1. The molecule has 0 aliphatic heterocycles. The Morgan fingerprint density at radius 3 is 2.92 bits per heavy atom. The third kappa shape index (κ3) is 4.04. The van der Waals surface area contributed by atoms with Gasteiger partial charge in [-0.3, -0.25) is 4.79 Å². The van der Waals surface area contributed by atoms with Crippen molar-refractivity contribution in [1.82, 2.24) is 9.99 Å². The summed E-state index contributed by atoms with van der Waals surface area (Å²) in [7, 11) is 1.58. The van der Waals surface area contributed by atoms with Gasteiger partial charge in [0.25, 0.3) is 5.91 Å². The van der Waals surface area contributed by atoms with E-state index in [4.69, 9.17) is 4.74 Å². The zero-order chi connectivity index (χ0) is 16.8. The predicted octanol–water partition coefficient (Wildman–Crippen LogP) is 3.77. The number of methoxy groups -OCH3 is 1. The minimum atomic E-state index is -0.253. The molecule has 5 heteroatoms. The van der Waals surface area contributed by atoms with E-state index >= 15 is 0 Å². The van der Waals surface area contributed by atoms with Crippen LogP contribution in [0, 0.1) is 0 Å². The minimum absolute atomic E-state index is 0.253. The standard InChI is InChI=1S/C19H23N3O2/c1-24-18-9-5-6-16(12-18)19(23)21-20-13-15-10-11-22(14-15)17-7-3-2-4-8-17/h5-6,9-14,17H,2-4,7-8H2,1H3,(H,21,23)/b20-13-. The molecule has 1 aliphatic rings. The lowest BCUT2D eigenvalue weighted by Crippen LogP contribution is -2.17. The number of amides is 1. The van der Waals surface area contributed by atoms with Crippen LogP contribution in [-0.2, 0) is 0 Å². The van der Waals surface area contributed by atoms with Gasteiger partial charge in [0.2, 0.25) is 0 Å². The molecule has 0 atom stereocenters. The molecule has 1 N–H and O–H groups in total. The van der Waals surface area contributed by atoms with E-state index in [0.29, 0.717) is 17.4 Å². The lowest BCUT2D eigenvalue weighted by Gasteiger charge is -2.23. The molecule has 0 bridgehead atoms. The first-order chi connectivity index (χ1) is 11.8. The van der Waals surface area contributed by atoms with E-state index in [9.17, 15) is 4.79 Å². The molecule has 1 saturated carbocycles. The summed E-state index contributed by atoms with van der Waals surface area (Å²) in [5.41, 5.74) is 4.07. The molecule has 1 aromatic carbocycles. The number of hydrogen-bond donors (Lipinski definition) is 1. The summed E-state index contributed by atoms with van der Waals surface area (Å²) in [5, 5.41) is 4.05. The molecule has 1 aromatic heterocycles. The number of carbonyl (C=O) groups is 1. The molecule has 126 valence electrons. The van der Waals surface area contributed by atoms with E-state index in [1.165, 1.54) is 32.1 Å². The Morgan fingerprint density at radius 1 is 1.29 bits per heavy atom. The van der Waals surface area contributed by atoms with Gasteiger partial charge in [-0.2, -0.15) is 5.10 Å². The molecule has 24 heavy (non-hydrogen) atoms. The van der Waals surface area contributed by atoms with E-state index in [1.54, 1.807) is 37.6 Å². The highest BCUT2D eigenvalue weighted by atomic mass is 16.5. The van der Waals surface area contributed by atoms with Gasteiger partial charge in [0.15, 0.2) is 0 Å². The van der Waals surface area contributed by atoms with Crippen LogP contribution >= 0.6 is 0 Å². The molecule has 5 nitrogen and oxygen atoms in total. The number of benzene rings is 1. The van der Waals surface area contributed by atoms with E-state index in [-0.39, 0.29) is 5.91 Å². The average molecular weight is 325 g/mol. The van der Waals surface area contributed by atoms with Gasteiger partial charge in [-0.05, 0) is 37.1 Å². The Kier molecular flexibility index (Phi) is 5.31. The topological polar surface area (TPSA) is 55.6 Å². The van der Waals surface area contributed by atoms with Gasteiger partial charge in [-0.15, -0.1) is 0 Å². The molecule has 0 unspecified atom stereocenters. The van der Waals surface area contributed by atoms with Crippen LogP contribution in [0.1, 0.15) is 54.1 Å². The number of aromatic nitrogens is 1. The molecule has 1 amide bonds. The van der Waals surface area contributed by atoms with Crippen molar-refractivity contribution in [1.29, 1.82) is 0 Å². The summed E-state index contributed by atoms with van der Waals surface area (Å²) in [6.45, 7) is 0. The smallest absolute Gasteiger partial charge is 0.271 e. The largest absolute Gasteiger partial charge is 0.497 e. The van der Waals surface area contributed by atoms with Crippen LogP contribution in [0.3, 0.4) is 0 Å². The highest BCUT2D eigenvalue weighted by molar-refractivity contribution is 5.95. The minimum Gasteiger partial charge on any atom is -0.497 e. The molecule has 2 aromatic rings. The van der Waals surface area contributed by atoms with Gasteiger partial charge in [0.05, 0.1) is 13.3 Å². The molecule has 0 spiro atoms. The molecule has 0 radical (unpaired) electrons. The van der Waals surface area contributed by atoms with Crippen molar-refractivity contribution in [2.45, 2.75) is 38.1 Å². The van der Waals surface area contributed by atoms with E-state index in [1.807, 2.05) is 6.07 Å². The number of carbonyl (C=O) groups excluding carboxylic acids is 1. The van der Waals surface area contributed by atoms with Crippen molar-refractivity contribution in [3.05, 3.63) is 53.9 Å². The zero-order valence-electron chi connectivity index (χ0n) is 13.9. The summed E-state index contributed by atoms with van der Waals surface area (Å²) in [5.74, 6) is 0.396. The fraction of sp³-hybridized carbons (Fsp3) is 0.368. The van der Waals surface area contributed by atoms with Crippen molar-refractivity contribution >= 4 is 12.1 Å². The van der Waals surface area contributed by atoms with E-state index < -0.39 is 0 Å². The highest BCUT2D eigenvalue weighted by Crippen LogP contribution is 2.28. The van der Waals surface area contributed by atoms with Crippen molar-refractivity contribution in [3.8, 4) is 5.75 Å². The monoisotopic (exact) mass is 325 g/mol. The molecule has 0 saturated heterocycles. The number of nitrogens with one attached hydrogen (secondary N) is 1. The van der Waals surface area contributed by atoms with Crippen molar-refractivity contribution < 1.29 is 9.53 Å². The second kappa shape index (κ2) is 7.81. The third-order valence-electron chi connectivity index (χ3n) is 4.45. The number of ether oxygens (including phenoxy) is 1. The van der Waals surface area contributed by atoms with Gasteiger partial charge in [-0.1, -0.05) is 25.3 Å². The Labute approximate surface area is 142 Å². The first-order valence-corrected chi connectivity index (χ1v) is 8.41. The Bertz CT molecular complexity index is 715. The second-order valence-corrected chi connectivity index (χ2v) is 6.11. The van der Waals surface area contributed by atoms with Crippen molar-refractivity contribution in [2.24, 2.45) is 5.10 Å². The van der Waals surface area contributed by atoms with Crippen LogP contribution in [0.5, 0.6) is 5.75 Å². The SMILES string of the molecule is COc1cccc(C(=O)N/N=C\c2ccn(C3CCCCC3)c2)c1. The first kappa shape index (κ1) is 16.3. The lowest BCUT2D eigenvalue weighted by atomic mass is 9.95. The molecular weight excluding hydrogens is 302 g/mol. The number of hydrazone groups is 1. The van der Waals surface area contributed by atoms with Gasteiger partial charge in [0, 0.05) is 29.6 Å². The Balaban J connectivity index is 1.57. The summed E-state index contributed by atoms with van der Waals surface area (Å²) >= 11 is 0. The van der Waals surface area contributed by atoms with Crippen LogP contribution in [0.4, 0.5) is 0 Å². The molecule has 3 rings (SSSR count). The van der Waals surface area contributed by atoms with Gasteiger partial charge in [-0.25, -0.2) is 5.43 Å². The summed E-state index contributed by atoms with van der Waals surface area (Å²) in [4.78, 5) is 12.1. The molecule has 1 heterocycles. The number of rotatable bonds is 5. The zero-order valence-corrected chi connectivity index (χ0v) is 13.9. The molecule has 1 aliphatic carbocycles. The van der Waals surface area contributed by atoms with E-state index in [2.05, 4.69) is 27.5 Å². The maximum absolute atomic E-state index is 12.1. The van der Waals surface area contributed by atoms with Crippen molar-refractivity contribution in [2.75, 3.05) is 7.11 Å². The van der Waals surface area contributed by atoms with Gasteiger partial charge >= 0.3 is 0 Å². The maximum Gasteiger partial charge on any atom is 0.271 e. The van der Waals surface area contributed by atoms with Crippen LogP contribution in [-0.4, -0.2) is 23.8 Å². The lowest BCUT2D eigenvalue weighted by molar-refractivity contribution is 0.0955. The average Bonchev–Trinajstić information content (AvgIpc) is 3.11. The van der Waals surface area contributed by atoms with Gasteiger partial charge in [0.1, 0.15) is 5.75 Å². The highest BCUT2D eigenvalue weighted by Gasteiger charge is 2.14. The quantitative estimate of drug-likeness (QED) is 0.672. The van der Waals surface area contributed by atoms with Gasteiger partial charge < -0.3 is 9.30 Å². The molecule has 1 fully saturated rings. The molecular formula is C19H23N3O2. The third-order valence-corrected chi connectivity index (χ3v) is 4.45. The van der Waals surface area contributed by atoms with Crippen molar-refractivity contribution in [3.63, 3.8) is 0 Å². The number of nitrogens with zero attached hydrogens (tertiary/aromatic N) is 2. The summed E-state index contributed by atoms with van der Waals surface area (Å²) < 4.78 is 7.39. The summed E-state index contributed by atoms with van der Waals surface area (Å²) in [6, 6.07) is 9.62. The normalized spacial score (nSPS) is 15.5. The van der Waals surface area contributed by atoms with Crippen LogP contribution in [0.25, 0.3) is 0 Å². The second-order valence-electron chi connectivity index (χ2n) is 6.11. The van der Waals surface area contributed by atoms with Crippen LogP contribution in [0.15, 0.2) is 47.8 Å². The van der Waals surface area contributed by atoms with Crippen LogP contribution < -0.4 is 10.2 Å². The first-order valence-electron chi connectivity index (χ1n) is 8.41.